The third-order valence-electron chi connectivity index (χ3n) is 7.21. The molecule has 210 valence electrons. The molecular weight excluding hydrogens is 550 g/mol. The Morgan fingerprint density at radius 1 is 1.12 bits per heavy atom. The third kappa shape index (κ3) is 4.67. The van der Waals surface area contributed by atoms with Crippen LogP contribution in [0.4, 0.5) is 5.69 Å². The summed E-state index contributed by atoms with van der Waals surface area (Å²) in [7, 11) is 4.84. The average molecular weight is 582 g/mol. The van der Waals surface area contributed by atoms with Crippen molar-refractivity contribution in [1.82, 2.24) is 20.3 Å². The summed E-state index contributed by atoms with van der Waals surface area (Å²) >= 11 is 3.60. The van der Waals surface area contributed by atoms with Crippen LogP contribution in [0.5, 0.6) is 0 Å². The number of aromatic nitrogens is 1. The number of rotatable bonds is 7. The summed E-state index contributed by atoms with van der Waals surface area (Å²) in [5.41, 5.74) is 4.00. The molecule has 0 saturated carbocycles. The molecule has 1 aromatic heterocycles. The normalized spacial score (nSPS) is 19.8. The quantitative estimate of drug-likeness (QED) is 0.227. The van der Waals surface area contributed by atoms with Gasteiger partial charge in [-0.15, -0.1) is 23.5 Å². The summed E-state index contributed by atoms with van der Waals surface area (Å²) in [5.74, 6) is 0.626. The van der Waals surface area contributed by atoms with Crippen molar-refractivity contribution in [2.75, 3.05) is 50.7 Å². The van der Waals surface area contributed by atoms with E-state index in [4.69, 9.17) is 4.74 Å². The zero-order valence-corrected chi connectivity index (χ0v) is 24.6. The fraction of sp³-hybridized carbons (Fsp3) is 0.393. The van der Waals surface area contributed by atoms with Crippen molar-refractivity contribution < 1.29 is 23.9 Å². The second kappa shape index (κ2) is 10.9. The first-order valence-electron chi connectivity index (χ1n) is 12.9. The molecule has 2 amide bonds. The summed E-state index contributed by atoms with van der Waals surface area (Å²) < 4.78 is 4.92. The van der Waals surface area contributed by atoms with Crippen LogP contribution < -0.4 is 10.2 Å². The number of ketones is 1. The van der Waals surface area contributed by atoms with E-state index >= 15 is 0 Å². The van der Waals surface area contributed by atoms with Crippen molar-refractivity contribution in [2.24, 2.45) is 0 Å². The van der Waals surface area contributed by atoms with Crippen LogP contribution in [0.1, 0.15) is 29.9 Å². The minimum atomic E-state index is -0.492. The van der Waals surface area contributed by atoms with Crippen LogP contribution in [0.25, 0.3) is 10.9 Å². The number of thioether (sulfide) groups is 2. The van der Waals surface area contributed by atoms with E-state index in [0.717, 1.165) is 33.8 Å². The Kier molecular flexibility index (Phi) is 7.68. The number of pyridine rings is 1. The Hall–Kier alpha value is -3.35. The van der Waals surface area contributed by atoms with E-state index in [1.807, 2.05) is 25.1 Å². The Balaban J connectivity index is 1.69. The number of hydrogen-bond donors (Lipinski definition) is 1. The molecule has 40 heavy (non-hydrogen) atoms. The van der Waals surface area contributed by atoms with Gasteiger partial charge in [0.2, 0.25) is 0 Å². The van der Waals surface area contributed by atoms with Gasteiger partial charge in [0.25, 0.3) is 11.8 Å². The standard InChI is InChI=1S/C28H31N5O5S2/c1-16(15-38-17(2)34)33-23-13-22-18(6-8-21(30-22)24(35)14-29-3)12-20(23)28(39-10-11-40-28)25(33)9-7-19-26(36)31(4)32(5)27(19)37/h6-9,12-13,16,29H,10-11,14-15H2,1-5H3/b25-9+. The highest BCUT2D eigenvalue weighted by Gasteiger charge is 2.52. The van der Waals surface area contributed by atoms with E-state index in [9.17, 15) is 19.2 Å². The summed E-state index contributed by atoms with van der Waals surface area (Å²) in [6, 6.07) is 7.50. The molecule has 4 heterocycles. The molecule has 0 aliphatic carbocycles. The maximum atomic E-state index is 12.8. The van der Waals surface area contributed by atoms with Gasteiger partial charge >= 0.3 is 5.97 Å². The molecule has 1 atom stereocenters. The minimum Gasteiger partial charge on any atom is -0.464 e. The lowest BCUT2D eigenvalue weighted by Crippen LogP contribution is -2.36. The Bertz CT molecular complexity index is 1460. The van der Waals surface area contributed by atoms with Gasteiger partial charge in [0.15, 0.2) is 5.78 Å². The van der Waals surface area contributed by atoms with Gasteiger partial charge in [0.05, 0.1) is 18.1 Å². The summed E-state index contributed by atoms with van der Waals surface area (Å²) in [4.78, 5) is 56.6. The Morgan fingerprint density at radius 3 is 2.42 bits per heavy atom. The van der Waals surface area contributed by atoms with Gasteiger partial charge in [0, 0.05) is 54.9 Å². The first-order chi connectivity index (χ1) is 19.1. The number of esters is 1. The number of anilines is 1. The number of allylic oxidation sites excluding steroid dienone is 2. The van der Waals surface area contributed by atoms with Gasteiger partial charge in [-0.2, -0.15) is 0 Å². The van der Waals surface area contributed by atoms with Crippen LogP contribution >= 0.6 is 23.5 Å². The van der Waals surface area contributed by atoms with Gasteiger partial charge in [-0.05, 0) is 44.3 Å². The number of nitrogens with zero attached hydrogens (tertiary/aromatic N) is 4. The second-order valence-electron chi connectivity index (χ2n) is 9.84. The van der Waals surface area contributed by atoms with Crippen LogP contribution in [-0.2, 0) is 23.2 Å². The first-order valence-corrected chi connectivity index (χ1v) is 14.9. The summed E-state index contributed by atoms with van der Waals surface area (Å²) in [5, 5.41) is 6.36. The molecule has 1 N–H and O–H groups in total. The van der Waals surface area contributed by atoms with Crippen molar-refractivity contribution in [3.63, 3.8) is 0 Å². The lowest BCUT2D eigenvalue weighted by atomic mass is 10.1. The summed E-state index contributed by atoms with van der Waals surface area (Å²) in [6.07, 6.45) is 3.46. The van der Waals surface area contributed by atoms with Crippen LogP contribution in [-0.4, -0.2) is 90.4 Å². The predicted octanol–water partition coefficient (Wildman–Crippen LogP) is 2.70. The highest BCUT2D eigenvalue weighted by atomic mass is 32.2. The van der Waals surface area contributed by atoms with Gasteiger partial charge in [-0.25, -0.2) is 4.98 Å². The van der Waals surface area contributed by atoms with E-state index in [1.165, 1.54) is 16.9 Å². The molecule has 2 saturated heterocycles. The number of nitrogens with one attached hydrogen (secondary N) is 1. The molecule has 2 fully saturated rings. The van der Waals surface area contributed by atoms with Crippen LogP contribution in [0.3, 0.4) is 0 Å². The molecule has 5 rings (SSSR count). The van der Waals surface area contributed by atoms with E-state index < -0.39 is 4.08 Å². The number of benzene rings is 1. The van der Waals surface area contributed by atoms with Crippen molar-refractivity contribution >= 4 is 63.7 Å². The molecule has 0 radical (unpaired) electrons. The smallest absolute Gasteiger partial charge is 0.302 e. The maximum Gasteiger partial charge on any atom is 0.302 e. The molecule has 10 nitrogen and oxygen atoms in total. The molecule has 3 aliphatic rings. The number of hydrazine groups is 1. The maximum absolute atomic E-state index is 12.8. The topological polar surface area (TPSA) is 112 Å². The zero-order valence-electron chi connectivity index (χ0n) is 23.0. The number of amides is 2. The number of carbonyl (C=O) groups is 4. The highest BCUT2D eigenvalue weighted by molar-refractivity contribution is 8.21. The number of hydrogen-bond acceptors (Lipinski definition) is 10. The lowest BCUT2D eigenvalue weighted by molar-refractivity contribution is -0.141. The molecule has 3 aliphatic heterocycles. The molecule has 1 spiro atoms. The number of carbonyl (C=O) groups excluding carboxylic acids is 4. The van der Waals surface area contributed by atoms with Crippen LogP contribution in [0.15, 0.2) is 47.7 Å². The van der Waals surface area contributed by atoms with Crippen molar-refractivity contribution in [3.8, 4) is 0 Å². The highest BCUT2D eigenvalue weighted by Crippen LogP contribution is 2.64. The molecule has 1 aromatic carbocycles. The van der Waals surface area contributed by atoms with Crippen molar-refractivity contribution in [1.29, 1.82) is 0 Å². The monoisotopic (exact) mass is 581 g/mol. The van der Waals surface area contributed by atoms with Crippen LogP contribution in [0, 0.1) is 0 Å². The summed E-state index contributed by atoms with van der Waals surface area (Å²) in [6.45, 7) is 3.68. The van der Waals surface area contributed by atoms with E-state index in [0.29, 0.717) is 11.2 Å². The van der Waals surface area contributed by atoms with Gasteiger partial charge in [0.1, 0.15) is 22.0 Å². The Labute approximate surface area is 241 Å². The number of Topliss-reactive ketones (excluding diaryl/α,β-unsaturated/α-hetero) is 1. The molecule has 2 aromatic rings. The minimum absolute atomic E-state index is 0.0868. The van der Waals surface area contributed by atoms with Gasteiger partial charge in [-0.3, -0.25) is 29.2 Å². The largest absolute Gasteiger partial charge is 0.464 e. The molecule has 0 bridgehead atoms. The number of fused-ring (bicyclic) bond motifs is 3. The predicted molar refractivity (Wildman–Crippen MR) is 157 cm³/mol. The Morgan fingerprint density at radius 2 is 1.80 bits per heavy atom. The van der Waals surface area contributed by atoms with Gasteiger partial charge in [-0.1, -0.05) is 6.07 Å². The van der Waals surface area contributed by atoms with E-state index in [-0.39, 0.29) is 48.3 Å². The number of likely N-dealkylation sites (N-methyl/N-ethyl adjacent to an activating group) is 3. The van der Waals surface area contributed by atoms with Crippen molar-refractivity contribution in [3.05, 3.63) is 58.9 Å². The fourth-order valence-corrected chi connectivity index (χ4v) is 8.51. The zero-order chi connectivity index (χ0) is 28.8. The number of ether oxygens (including phenoxy) is 1. The SMILES string of the molecule is CNCC(=O)c1ccc2cc3c(cc2n1)N(C(C)COC(C)=O)/C(=C/C=C1C(=O)N(C)N(C)C1=O)C31SCCS1. The van der Waals surface area contributed by atoms with Crippen LogP contribution in [0.2, 0.25) is 0 Å². The third-order valence-corrected chi connectivity index (χ3v) is 10.7. The lowest BCUT2D eigenvalue weighted by Gasteiger charge is -2.32. The van der Waals surface area contributed by atoms with Gasteiger partial charge < -0.3 is 15.0 Å². The second-order valence-corrected chi connectivity index (χ2v) is 12.7. The fourth-order valence-electron chi connectivity index (χ4n) is 5.17. The van der Waals surface area contributed by atoms with E-state index in [1.54, 1.807) is 56.8 Å². The van der Waals surface area contributed by atoms with E-state index in [2.05, 4.69) is 21.3 Å². The average Bonchev–Trinajstić information content (AvgIpc) is 3.57. The molecule has 1 unspecified atom stereocenters. The first kappa shape index (κ1) is 28.2. The van der Waals surface area contributed by atoms with Crippen molar-refractivity contribution in [2.45, 2.75) is 24.0 Å². The molecular formula is C28H31N5O5S2. The molecule has 12 heteroatoms.